The third-order valence-electron chi connectivity index (χ3n) is 3.47. The fourth-order valence-electron chi connectivity index (χ4n) is 2.35. The number of hydrogen-bond acceptors (Lipinski definition) is 5. The van der Waals surface area contributed by atoms with Gasteiger partial charge in [0.15, 0.2) is 0 Å². The van der Waals surface area contributed by atoms with Crippen LogP contribution >= 0.6 is 15.9 Å². The summed E-state index contributed by atoms with van der Waals surface area (Å²) >= 11 is 3.18. The van der Waals surface area contributed by atoms with Crippen LogP contribution in [0, 0.1) is 10.1 Å². The van der Waals surface area contributed by atoms with Crippen molar-refractivity contribution in [2.75, 3.05) is 25.0 Å². The molecule has 1 aromatic rings. The van der Waals surface area contributed by atoms with E-state index in [0.29, 0.717) is 17.6 Å². The Morgan fingerprint density at radius 3 is 2.70 bits per heavy atom. The number of nitro groups is 1. The number of nitrogens with zero attached hydrogens (tertiary/aromatic N) is 4. The maximum Gasteiger partial charge on any atom is 0.312 e. The first kappa shape index (κ1) is 14.7. The second-order valence-corrected chi connectivity index (χ2v) is 6.11. The molecule has 0 unspecified atom stereocenters. The number of hydrogen-bond donors (Lipinski definition) is 0. The number of halogens is 1. The highest BCUT2D eigenvalue weighted by Crippen LogP contribution is 2.34. The van der Waals surface area contributed by atoms with Gasteiger partial charge >= 0.3 is 5.69 Å². The molecule has 1 aliphatic heterocycles. The molecule has 1 saturated heterocycles. The predicted molar refractivity (Wildman–Crippen MR) is 77.7 cm³/mol. The monoisotopic (exact) mass is 342 g/mol. The van der Waals surface area contributed by atoms with Crippen LogP contribution in [-0.4, -0.2) is 46.4 Å². The number of anilines is 1. The summed E-state index contributed by atoms with van der Waals surface area (Å²) in [6.07, 6.45) is 1.50. The zero-order chi connectivity index (χ0) is 15.1. The van der Waals surface area contributed by atoms with Crippen molar-refractivity contribution in [2.45, 2.75) is 19.4 Å². The normalized spacial score (nSPS) is 18.3. The molecule has 0 aliphatic carbocycles. The zero-order valence-electron chi connectivity index (χ0n) is 11.5. The second-order valence-electron chi connectivity index (χ2n) is 5.19. The Morgan fingerprint density at radius 1 is 1.45 bits per heavy atom. The van der Waals surface area contributed by atoms with Gasteiger partial charge < -0.3 is 9.80 Å². The van der Waals surface area contributed by atoms with Gasteiger partial charge in [0.2, 0.25) is 11.7 Å². The molecule has 8 heteroatoms. The van der Waals surface area contributed by atoms with E-state index in [2.05, 4.69) is 20.9 Å². The van der Waals surface area contributed by atoms with Gasteiger partial charge in [-0.25, -0.2) is 4.98 Å². The molecule has 0 saturated carbocycles. The lowest BCUT2D eigenvalue weighted by Gasteiger charge is -2.45. The molecular formula is C12H15BrN4O3. The third kappa shape index (κ3) is 2.35. The van der Waals surface area contributed by atoms with Crippen LogP contribution in [0.3, 0.4) is 0 Å². The highest BCUT2D eigenvalue weighted by atomic mass is 79.9. The summed E-state index contributed by atoms with van der Waals surface area (Å²) < 4.78 is 0.534. The number of carbonyl (C=O) groups excluding carboxylic acids is 1. The molecule has 0 atom stereocenters. The van der Waals surface area contributed by atoms with Gasteiger partial charge in [-0.15, -0.1) is 0 Å². The minimum Gasteiger partial charge on any atom is -0.342 e. The maximum absolute atomic E-state index is 12.3. The Labute approximate surface area is 124 Å². The molecule has 0 spiro atoms. The molecule has 20 heavy (non-hydrogen) atoms. The van der Waals surface area contributed by atoms with Gasteiger partial charge in [-0.1, -0.05) is 0 Å². The quantitative estimate of drug-likeness (QED) is 0.604. The number of carbonyl (C=O) groups is 1. The minimum absolute atomic E-state index is 0.0808. The van der Waals surface area contributed by atoms with E-state index in [1.807, 2.05) is 0 Å². The standard InChI is InChI=1S/C12H15BrN4O3/c1-12(2)11(18)15(3)4-5-16(12)10-9(17(19)20)6-8(13)7-14-10/h6-7H,4-5H2,1-3H3. The van der Waals surface area contributed by atoms with Gasteiger partial charge in [0.25, 0.3) is 0 Å². The lowest BCUT2D eigenvalue weighted by Crippen LogP contribution is -2.62. The van der Waals surface area contributed by atoms with Crippen LogP contribution in [0.1, 0.15) is 13.8 Å². The molecule has 1 amide bonds. The average molecular weight is 343 g/mol. The van der Waals surface area contributed by atoms with Gasteiger partial charge in [0.1, 0.15) is 5.54 Å². The molecule has 108 valence electrons. The molecular weight excluding hydrogens is 328 g/mol. The summed E-state index contributed by atoms with van der Waals surface area (Å²) in [6.45, 7) is 4.51. The average Bonchev–Trinajstić information content (AvgIpc) is 2.37. The lowest BCUT2D eigenvalue weighted by molar-refractivity contribution is -0.384. The van der Waals surface area contributed by atoms with E-state index in [9.17, 15) is 14.9 Å². The lowest BCUT2D eigenvalue weighted by atomic mass is 9.97. The summed E-state index contributed by atoms with van der Waals surface area (Å²) in [5.41, 5.74) is -0.969. The van der Waals surface area contributed by atoms with E-state index in [4.69, 9.17) is 0 Å². The number of piperazine rings is 1. The molecule has 1 aromatic heterocycles. The van der Waals surface area contributed by atoms with Crippen LogP contribution in [0.5, 0.6) is 0 Å². The molecule has 0 radical (unpaired) electrons. The maximum atomic E-state index is 12.3. The SMILES string of the molecule is CN1CCN(c2ncc(Br)cc2[N+](=O)[O-])C(C)(C)C1=O. The Balaban J connectivity index is 2.51. The molecule has 0 bridgehead atoms. The molecule has 0 N–H and O–H groups in total. The summed E-state index contributed by atoms with van der Waals surface area (Å²) in [4.78, 5) is 30.4. The Morgan fingerprint density at radius 2 is 2.10 bits per heavy atom. The van der Waals surface area contributed by atoms with E-state index >= 15 is 0 Å². The fourth-order valence-corrected chi connectivity index (χ4v) is 2.67. The topological polar surface area (TPSA) is 79.6 Å². The first-order chi connectivity index (χ1) is 9.25. The molecule has 1 aliphatic rings. The fraction of sp³-hybridized carbons (Fsp3) is 0.500. The van der Waals surface area contributed by atoms with Crippen molar-refractivity contribution in [3.05, 3.63) is 26.9 Å². The number of amides is 1. The molecule has 7 nitrogen and oxygen atoms in total. The summed E-state index contributed by atoms with van der Waals surface area (Å²) in [5, 5.41) is 11.2. The highest BCUT2D eigenvalue weighted by Gasteiger charge is 2.43. The number of likely N-dealkylation sites (N-methyl/N-ethyl adjacent to an activating group) is 1. The largest absolute Gasteiger partial charge is 0.342 e. The van der Waals surface area contributed by atoms with Crippen LogP contribution in [-0.2, 0) is 4.79 Å². The van der Waals surface area contributed by atoms with Crippen molar-refractivity contribution in [1.29, 1.82) is 0 Å². The number of aromatic nitrogens is 1. The van der Waals surface area contributed by atoms with Gasteiger partial charge in [0, 0.05) is 36.9 Å². The zero-order valence-corrected chi connectivity index (χ0v) is 13.0. The smallest absolute Gasteiger partial charge is 0.312 e. The summed E-state index contributed by atoms with van der Waals surface area (Å²) in [7, 11) is 1.73. The molecule has 0 aromatic carbocycles. The van der Waals surface area contributed by atoms with Gasteiger partial charge in [-0.3, -0.25) is 14.9 Å². The van der Waals surface area contributed by atoms with Crippen molar-refractivity contribution >= 4 is 33.3 Å². The third-order valence-corrected chi connectivity index (χ3v) is 3.90. The van der Waals surface area contributed by atoms with Crippen LogP contribution < -0.4 is 4.90 Å². The van der Waals surface area contributed by atoms with Crippen molar-refractivity contribution < 1.29 is 9.72 Å². The Bertz CT molecular complexity index is 576. The van der Waals surface area contributed by atoms with Crippen LogP contribution in [0.15, 0.2) is 16.7 Å². The minimum atomic E-state index is -0.863. The molecule has 2 heterocycles. The van der Waals surface area contributed by atoms with E-state index in [1.54, 1.807) is 30.7 Å². The number of rotatable bonds is 2. The van der Waals surface area contributed by atoms with Crippen LogP contribution in [0.4, 0.5) is 11.5 Å². The highest BCUT2D eigenvalue weighted by molar-refractivity contribution is 9.10. The summed E-state index contributed by atoms with van der Waals surface area (Å²) in [6, 6.07) is 1.40. The summed E-state index contributed by atoms with van der Waals surface area (Å²) in [5.74, 6) is 0.146. The molecule has 1 fully saturated rings. The molecule has 2 rings (SSSR count). The second kappa shape index (κ2) is 5.01. The van der Waals surface area contributed by atoms with Crippen LogP contribution in [0.2, 0.25) is 0 Å². The Hall–Kier alpha value is -1.70. The van der Waals surface area contributed by atoms with Crippen molar-refractivity contribution in [3.63, 3.8) is 0 Å². The van der Waals surface area contributed by atoms with Gasteiger partial charge in [0.05, 0.1) is 4.92 Å². The van der Waals surface area contributed by atoms with E-state index in [0.717, 1.165) is 0 Å². The van der Waals surface area contributed by atoms with Crippen molar-refractivity contribution in [3.8, 4) is 0 Å². The predicted octanol–water partition coefficient (Wildman–Crippen LogP) is 1.81. The first-order valence-corrected chi connectivity index (χ1v) is 6.87. The number of pyridine rings is 1. The van der Waals surface area contributed by atoms with Gasteiger partial charge in [-0.2, -0.15) is 0 Å². The van der Waals surface area contributed by atoms with E-state index in [1.165, 1.54) is 12.3 Å². The van der Waals surface area contributed by atoms with E-state index in [-0.39, 0.29) is 17.4 Å². The van der Waals surface area contributed by atoms with Crippen molar-refractivity contribution in [2.24, 2.45) is 0 Å². The van der Waals surface area contributed by atoms with Crippen LogP contribution in [0.25, 0.3) is 0 Å². The Kier molecular flexibility index (Phi) is 3.68. The van der Waals surface area contributed by atoms with Gasteiger partial charge in [-0.05, 0) is 29.8 Å². The van der Waals surface area contributed by atoms with Crippen molar-refractivity contribution in [1.82, 2.24) is 9.88 Å². The van der Waals surface area contributed by atoms with E-state index < -0.39 is 10.5 Å². The first-order valence-electron chi connectivity index (χ1n) is 6.08.